The first-order chi connectivity index (χ1) is 52.5. The van der Waals surface area contributed by atoms with Crippen LogP contribution in [0.4, 0.5) is 0 Å². The van der Waals surface area contributed by atoms with E-state index in [0.29, 0.717) is 6.61 Å². The molecule has 3 aliphatic heterocycles. The fourth-order valence-electron chi connectivity index (χ4n) is 13.4. The van der Waals surface area contributed by atoms with Crippen LogP contribution in [0.2, 0.25) is 0 Å². The van der Waals surface area contributed by atoms with Gasteiger partial charge in [-0.1, -0.05) is 303 Å². The van der Waals surface area contributed by atoms with E-state index in [1.807, 2.05) is 303 Å². The van der Waals surface area contributed by atoms with Crippen molar-refractivity contribution in [3.8, 4) is 0 Å². The highest BCUT2D eigenvalue weighted by atomic mass is 32.1. The Balaban J connectivity index is 0.938. The molecule has 3 fully saturated rings. The second-order valence-electron chi connectivity index (χ2n) is 26.5. The van der Waals surface area contributed by atoms with Gasteiger partial charge in [-0.25, -0.2) is 0 Å². The normalized spacial score (nSPS) is 24.5. The van der Waals surface area contributed by atoms with Crippen molar-refractivity contribution < 1.29 is 75.8 Å². The SMILES string of the molecule is SCO[C@H]1O[C@H](COCc2ccccc2)[C@@H](O[C@@H]2O[C@H](COCc3ccccc3)[C@H](O[C@@H]3O[C@H](COCc4ccccc4)[C@@H](OCc4ccccc4)[C@H](OCc4ccccc4)[C@H]3OCc3ccccc3)[C@H](OCc3ccccc3)[C@H]2OCc2ccccc2)[C@H](OCc2ccccc2)[C@H]1OCc1ccccc1. The fraction of sp³-hybridized carbons (Fsp3) is 0.326. The van der Waals surface area contributed by atoms with Gasteiger partial charge in [0.2, 0.25) is 0 Å². The Morgan fingerprint density at radius 1 is 0.198 bits per heavy atom. The van der Waals surface area contributed by atoms with Crippen molar-refractivity contribution in [3.63, 3.8) is 0 Å². The Morgan fingerprint density at radius 2 is 0.387 bits per heavy atom. The fourth-order valence-corrected chi connectivity index (χ4v) is 13.5. The zero-order valence-corrected chi connectivity index (χ0v) is 60.3. The highest BCUT2D eigenvalue weighted by Crippen LogP contribution is 2.40. The number of hydrogen-bond donors (Lipinski definition) is 1. The molecule has 3 saturated heterocycles. The van der Waals surface area contributed by atoms with Crippen LogP contribution in [0.1, 0.15) is 55.6 Å². The number of hydrogen-bond acceptors (Lipinski definition) is 17. The van der Waals surface area contributed by atoms with Gasteiger partial charge in [-0.2, -0.15) is 12.6 Å². The Bertz CT molecular complexity index is 4010. The van der Waals surface area contributed by atoms with Gasteiger partial charge in [0.15, 0.2) is 18.9 Å². The second-order valence-corrected chi connectivity index (χ2v) is 26.7. The molecular formula is C89H94O16S. The van der Waals surface area contributed by atoms with Crippen LogP contribution in [-0.4, -0.2) is 118 Å². The van der Waals surface area contributed by atoms with Crippen molar-refractivity contribution >= 4 is 12.6 Å². The summed E-state index contributed by atoms with van der Waals surface area (Å²) in [6, 6.07) is 100. The standard InChI is InChI=1S/C89H94O16S/c106-64-100-87-84(97-58-72-45-25-8-26-46-72)82(95-56-70-41-21-6-22-42-70)79(76(101-87)62-91-52-66-33-13-2-14-34-66)104-89-86(99-60-74-49-29-10-30-50-74)83(96-57-71-43-23-7-24-44-71)80(77(103-89)63-92-53-67-35-15-3-16-36-67)105-88-85(98-59-73-47-27-9-28-48-73)81(94-55-69-39-19-5-20-40-69)78(93-54-68-37-17-4-18-38-68)75(102-88)61-90-51-65-31-11-1-12-32-65/h1-50,75-89,106H,51-64H2/t75-,76-,77-,78-,79-,80+,81+,82+,83+,84-,85-,86-,87+,88+,89+/m1/s1. The summed E-state index contributed by atoms with van der Waals surface area (Å²) < 4.78 is 116. The lowest BCUT2D eigenvalue weighted by Gasteiger charge is -2.52. The molecule has 15 atom stereocenters. The van der Waals surface area contributed by atoms with Crippen molar-refractivity contribution in [2.24, 2.45) is 0 Å². The van der Waals surface area contributed by atoms with E-state index in [1.165, 1.54) is 0 Å². The van der Waals surface area contributed by atoms with Gasteiger partial charge >= 0.3 is 0 Å². The average molecular weight is 1450 g/mol. The van der Waals surface area contributed by atoms with E-state index in [-0.39, 0.29) is 85.2 Å². The van der Waals surface area contributed by atoms with Crippen LogP contribution in [0.5, 0.6) is 0 Å². The van der Waals surface area contributed by atoms with Gasteiger partial charge in [0.05, 0.1) is 91.8 Å². The molecule has 10 aromatic carbocycles. The summed E-state index contributed by atoms with van der Waals surface area (Å²) in [5, 5.41) is 0. The van der Waals surface area contributed by atoms with E-state index < -0.39 is 92.1 Å². The van der Waals surface area contributed by atoms with Crippen molar-refractivity contribution in [2.45, 2.75) is 158 Å². The van der Waals surface area contributed by atoms with Crippen LogP contribution in [0, 0.1) is 0 Å². The van der Waals surface area contributed by atoms with E-state index in [0.717, 1.165) is 55.6 Å². The van der Waals surface area contributed by atoms with Gasteiger partial charge < -0.3 is 75.8 Å². The minimum atomic E-state index is -1.30. The summed E-state index contributed by atoms with van der Waals surface area (Å²) >= 11 is 4.62. The van der Waals surface area contributed by atoms with E-state index in [4.69, 9.17) is 75.8 Å². The van der Waals surface area contributed by atoms with Gasteiger partial charge in [0, 0.05) is 0 Å². The van der Waals surface area contributed by atoms with E-state index in [1.54, 1.807) is 0 Å². The number of rotatable bonds is 39. The summed E-state index contributed by atoms with van der Waals surface area (Å²) in [6.45, 7) is 1.98. The summed E-state index contributed by atoms with van der Waals surface area (Å²) in [6.07, 6.45) is -15.0. The molecule has 13 rings (SSSR count). The van der Waals surface area contributed by atoms with Crippen molar-refractivity contribution in [2.75, 3.05) is 25.8 Å². The molecule has 0 unspecified atom stereocenters. The topological polar surface area (TPSA) is 148 Å². The van der Waals surface area contributed by atoms with Crippen LogP contribution in [0.25, 0.3) is 0 Å². The third-order valence-corrected chi connectivity index (χ3v) is 18.9. The Labute approximate surface area is 627 Å². The van der Waals surface area contributed by atoms with E-state index in [9.17, 15) is 0 Å². The molecule has 0 aliphatic carbocycles. The third kappa shape index (κ3) is 22.5. The van der Waals surface area contributed by atoms with E-state index in [2.05, 4.69) is 12.6 Å². The predicted molar refractivity (Wildman–Crippen MR) is 404 cm³/mol. The molecule has 0 radical (unpaired) electrons. The average Bonchev–Trinajstić information content (AvgIpc) is 0.761. The van der Waals surface area contributed by atoms with Gasteiger partial charge in [0.25, 0.3) is 0 Å². The smallest absolute Gasteiger partial charge is 0.187 e. The van der Waals surface area contributed by atoms with Crippen molar-refractivity contribution in [3.05, 3.63) is 359 Å². The summed E-state index contributed by atoms with van der Waals surface area (Å²) in [5.74, 6) is 0.00356. The van der Waals surface area contributed by atoms with Gasteiger partial charge in [-0.3, -0.25) is 0 Å². The summed E-state index contributed by atoms with van der Waals surface area (Å²) in [4.78, 5) is 0. The largest absolute Gasteiger partial charge is 0.374 e. The predicted octanol–water partition coefficient (Wildman–Crippen LogP) is 15.6. The Hall–Kier alpha value is -8.09. The minimum Gasteiger partial charge on any atom is -0.374 e. The lowest BCUT2D eigenvalue weighted by Crippen LogP contribution is -2.68. The van der Waals surface area contributed by atoms with Gasteiger partial charge in [-0.15, -0.1) is 0 Å². The van der Waals surface area contributed by atoms with Crippen molar-refractivity contribution in [1.29, 1.82) is 0 Å². The number of thiol groups is 1. The Morgan fingerprint density at radius 3 is 0.632 bits per heavy atom. The molecule has 0 bridgehead atoms. The Kier molecular flexibility index (Phi) is 29.7. The molecule has 16 nitrogen and oxygen atoms in total. The van der Waals surface area contributed by atoms with Gasteiger partial charge in [-0.05, 0) is 55.6 Å². The highest BCUT2D eigenvalue weighted by molar-refractivity contribution is 7.80. The lowest BCUT2D eigenvalue weighted by atomic mass is 9.95. The molecule has 0 spiro atoms. The maximum Gasteiger partial charge on any atom is 0.187 e. The molecular weight excluding hydrogens is 1360 g/mol. The summed E-state index contributed by atoms with van der Waals surface area (Å²) in [7, 11) is 0. The monoisotopic (exact) mass is 1450 g/mol. The third-order valence-electron chi connectivity index (χ3n) is 18.8. The maximum atomic E-state index is 7.90. The van der Waals surface area contributed by atoms with Crippen LogP contribution in [0.15, 0.2) is 303 Å². The first-order valence-electron chi connectivity index (χ1n) is 36.5. The molecule has 0 saturated carbocycles. The molecule has 10 aromatic rings. The van der Waals surface area contributed by atoms with Crippen molar-refractivity contribution in [1.82, 2.24) is 0 Å². The van der Waals surface area contributed by atoms with Gasteiger partial charge in [0.1, 0.15) is 73.2 Å². The molecule has 3 heterocycles. The zero-order valence-electron chi connectivity index (χ0n) is 59.4. The van der Waals surface area contributed by atoms with E-state index >= 15 is 0 Å². The highest BCUT2D eigenvalue weighted by Gasteiger charge is 2.57. The molecule has 0 N–H and O–H groups in total. The maximum absolute atomic E-state index is 7.90. The lowest BCUT2D eigenvalue weighted by molar-refractivity contribution is -0.395. The molecule has 3 aliphatic rings. The minimum absolute atomic E-state index is 0.00356. The van der Waals surface area contributed by atoms with Crippen LogP contribution >= 0.6 is 12.6 Å². The van der Waals surface area contributed by atoms with Crippen LogP contribution in [0.3, 0.4) is 0 Å². The van der Waals surface area contributed by atoms with Crippen LogP contribution in [-0.2, 0) is 142 Å². The molecule has 552 valence electrons. The first-order valence-corrected chi connectivity index (χ1v) is 37.1. The molecule has 106 heavy (non-hydrogen) atoms. The molecule has 0 amide bonds. The summed E-state index contributed by atoms with van der Waals surface area (Å²) in [5.41, 5.74) is 9.36. The number of ether oxygens (including phenoxy) is 16. The quantitative estimate of drug-likeness (QED) is 0.0287. The van der Waals surface area contributed by atoms with Crippen LogP contribution < -0.4 is 0 Å². The zero-order chi connectivity index (χ0) is 72.0. The first kappa shape index (κ1) is 76.1. The molecule has 17 heteroatoms. The molecule has 0 aromatic heterocycles. The number of benzene rings is 10. The second kappa shape index (κ2) is 41.3.